The van der Waals surface area contributed by atoms with Gasteiger partial charge in [0.1, 0.15) is 5.60 Å². The van der Waals surface area contributed by atoms with Crippen LogP contribution in [-0.4, -0.2) is 25.5 Å². The molecule has 1 unspecified atom stereocenters. The van der Waals surface area contributed by atoms with Crippen molar-refractivity contribution in [3.05, 3.63) is 65.7 Å². The molecule has 0 spiro atoms. The van der Waals surface area contributed by atoms with Gasteiger partial charge in [-0.2, -0.15) is 13.2 Å². The van der Waals surface area contributed by atoms with Crippen molar-refractivity contribution in [2.45, 2.75) is 25.1 Å². The van der Waals surface area contributed by atoms with E-state index in [0.717, 1.165) is 29.8 Å². The normalized spacial score (nSPS) is 13.5. The van der Waals surface area contributed by atoms with Crippen LogP contribution in [0.2, 0.25) is 0 Å². The van der Waals surface area contributed by atoms with Gasteiger partial charge in [-0.1, -0.05) is 37.3 Å². The molecule has 5 nitrogen and oxygen atoms in total. The number of hydrogen-bond donors (Lipinski definition) is 2. The van der Waals surface area contributed by atoms with Crippen LogP contribution in [0.5, 0.6) is 0 Å². The van der Waals surface area contributed by atoms with Crippen molar-refractivity contribution in [2.75, 3.05) is 19.0 Å². The number of anilines is 1. The predicted octanol–water partition coefficient (Wildman–Crippen LogP) is 3.71. The average Bonchev–Trinajstić information content (AvgIpc) is 2.69. The summed E-state index contributed by atoms with van der Waals surface area (Å²) in [6, 6.07) is 13.1. The highest BCUT2D eigenvalue weighted by molar-refractivity contribution is 6.39. The van der Waals surface area contributed by atoms with Gasteiger partial charge in [0.25, 0.3) is 0 Å². The van der Waals surface area contributed by atoms with Crippen molar-refractivity contribution in [1.29, 1.82) is 0 Å². The van der Waals surface area contributed by atoms with Gasteiger partial charge in [-0.15, -0.1) is 0 Å². The molecular formula is C20H21F3N2O3. The third-order valence-electron chi connectivity index (χ3n) is 4.47. The highest BCUT2D eigenvalue weighted by Crippen LogP contribution is 2.30. The molecule has 2 aromatic rings. The molecule has 0 heterocycles. The number of nitrogens with one attached hydrogen (secondary N) is 2. The lowest BCUT2D eigenvalue weighted by molar-refractivity contribution is -0.137. The first-order valence-corrected chi connectivity index (χ1v) is 8.59. The summed E-state index contributed by atoms with van der Waals surface area (Å²) < 4.78 is 43.3. The lowest BCUT2D eigenvalue weighted by Crippen LogP contribution is -2.45. The zero-order chi connectivity index (χ0) is 20.8. The molecule has 28 heavy (non-hydrogen) atoms. The summed E-state index contributed by atoms with van der Waals surface area (Å²) in [5.41, 5.74) is -0.704. The van der Waals surface area contributed by atoms with Gasteiger partial charge >= 0.3 is 18.0 Å². The zero-order valence-electron chi connectivity index (χ0n) is 15.5. The number of methoxy groups -OCH3 is 1. The molecule has 0 aliphatic carbocycles. The number of carbonyl (C=O) groups is 2. The topological polar surface area (TPSA) is 67.4 Å². The molecule has 8 heteroatoms. The van der Waals surface area contributed by atoms with Crippen LogP contribution in [0.4, 0.5) is 18.9 Å². The van der Waals surface area contributed by atoms with E-state index in [2.05, 4.69) is 10.6 Å². The van der Waals surface area contributed by atoms with Crippen LogP contribution in [0.3, 0.4) is 0 Å². The summed E-state index contributed by atoms with van der Waals surface area (Å²) in [6.45, 7) is 1.95. The number of ether oxygens (including phenoxy) is 1. The number of benzene rings is 2. The van der Waals surface area contributed by atoms with Gasteiger partial charge in [0.05, 0.1) is 12.1 Å². The van der Waals surface area contributed by atoms with E-state index in [4.69, 9.17) is 4.74 Å². The second-order valence-corrected chi connectivity index (χ2v) is 6.13. The summed E-state index contributed by atoms with van der Waals surface area (Å²) in [4.78, 5) is 24.2. The van der Waals surface area contributed by atoms with E-state index in [0.29, 0.717) is 6.42 Å². The Kier molecular flexibility index (Phi) is 6.80. The number of carbonyl (C=O) groups excluding carboxylic acids is 2. The van der Waals surface area contributed by atoms with Gasteiger partial charge < -0.3 is 15.4 Å². The van der Waals surface area contributed by atoms with Crippen LogP contribution in [0.25, 0.3) is 0 Å². The Morgan fingerprint density at radius 2 is 1.54 bits per heavy atom. The number of rotatable bonds is 6. The van der Waals surface area contributed by atoms with Gasteiger partial charge in [0.2, 0.25) is 0 Å². The fourth-order valence-corrected chi connectivity index (χ4v) is 2.74. The first kappa shape index (κ1) is 21.4. The van der Waals surface area contributed by atoms with Gasteiger partial charge in [0, 0.05) is 12.8 Å². The van der Waals surface area contributed by atoms with Gasteiger partial charge in [-0.05, 0) is 36.2 Å². The fourth-order valence-electron chi connectivity index (χ4n) is 2.74. The minimum atomic E-state index is -4.47. The Bertz CT molecular complexity index is 802. The minimum absolute atomic E-state index is 0.0588. The molecule has 0 saturated heterocycles. The molecule has 0 aromatic heterocycles. The van der Waals surface area contributed by atoms with E-state index < -0.39 is 29.2 Å². The molecule has 2 rings (SSSR count). The van der Waals surface area contributed by atoms with Crippen molar-refractivity contribution in [2.24, 2.45) is 0 Å². The summed E-state index contributed by atoms with van der Waals surface area (Å²) in [5.74, 6) is -1.89. The Hall–Kier alpha value is -2.87. The van der Waals surface area contributed by atoms with Crippen molar-refractivity contribution >= 4 is 17.5 Å². The van der Waals surface area contributed by atoms with Crippen LogP contribution < -0.4 is 10.6 Å². The predicted molar refractivity (Wildman–Crippen MR) is 98.5 cm³/mol. The number of alkyl halides is 3. The molecule has 0 fully saturated rings. The van der Waals surface area contributed by atoms with Crippen LogP contribution in [0.1, 0.15) is 24.5 Å². The monoisotopic (exact) mass is 394 g/mol. The zero-order valence-corrected chi connectivity index (χ0v) is 15.5. The standard InChI is InChI=1S/C20H21F3N2O3/c1-3-19(28-2,14-7-5-4-6-8-14)13-24-17(26)18(27)25-16-11-9-15(10-12-16)20(21,22)23/h4-12H,3,13H2,1-2H3,(H,24,26)(H,25,27). The molecule has 0 saturated carbocycles. The van der Waals surface area contributed by atoms with E-state index in [-0.39, 0.29) is 12.2 Å². The molecule has 0 aliphatic heterocycles. The van der Waals surface area contributed by atoms with Crippen LogP contribution >= 0.6 is 0 Å². The van der Waals surface area contributed by atoms with Gasteiger partial charge in [-0.3, -0.25) is 9.59 Å². The van der Waals surface area contributed by atoms with E-state index in [1.807, 2.05) is 37.3 Å². The molecule has 1 atom stereocenters. The number of hydrogen-bond acceptors (Lipinski definition) is 3. The largest absolute Gasteiger partial charge is 0.416 e. The van der Waals surface area contributed by atoms with Crippen LogP contribution in [-0.2, 0) is 26.1 Å². The third-order valence-corrected chi connectivity index (χ3v) is 4.47. The highest BCUT2D eigenvalue weighted by Gasteiger charge is 2.32. The Balaban J connectivity index is 2.00. The smallest absolute Gasteiger partial charge is 0.372 e. The lowest BCUT2D eigenvalue weighted by Gasteiger charge is -2.32. The average molecular weight is 394 g/mol. The Morgan fingerprint density at radius 3 is 2.04 bits per heavy atom. The van der Waals surface area contributed by atoms with Crippen molar-refractivity contribution in [3.8, 4) is 0 Å². The SMILES string of the molecule is CCC(CNC(=O)C(=O)Nc1ccc(C(F)(F)F)cc1)(OC)c1ccccc1. The molecule has 2 amide bonds. The second-order valence-electron chi connectivity index (χ2n) is 6.13. The van der Waals surface area contributed by atoms with E-state index in [1.165, 1.54) is 7.11 Å². The molecule has 2 aromatic carbocycles. The van der Waals surface area contributed by atoms with Crippen LogP contribution in [0.15, 0.2) is 54.6 Å². The Morgan fingerprint density at radius 1 is 0.929 bits per heavy atom. The quantitative estimate of drug-likeness (QED) is 0.734. The molecule has 0 aliphatic rings. The molecule has 0 radical (unpaired) electrons. The molecule has 150 valence electrons. The maximum Gasteiger partial charge on any atom is 0.416 e. The van der Waals surface area contributed by atoms with Crippen molar-refractivity contribution in [1.82, 2.24) is 5.32 Å². The first-order valence-electron chi connectivity index (χ1n) is 8.59. The Labute approximate surface area is 160 Å². The third kappa shape index (κ3) is 5.10. The minimum Gasteiger partial charge on any atom is -0.372 e. The lowest BCUT2D eigenvalue weighted by atomic mass is 9.90. The summed E-state index contributed by atoms with van der Waals surface area (Å²) >= 11 is 0. The van der Waals surface area contributed by atoms with Gasteiger partial charge in [-0.25, -0.2) is 0 Å². The maximum absolute atomic E-state index is 12.6. The first-order chi connectivity index (χ1) is 13.2. The highest BCUT2D eigenvalue weighted by atomic mass is 19.4. The summed E-state index contributed by atoms with van der Waals surface area (Å²) in [7, 11) is 1.52. The van der Waals surface area contributed by atoms with E-state index in [1.54, 1.807) is 0 Å². The molecule has 2 N–H and O–H groups in total. The number of amides is 2. The number of halogens is 3. The fraction of sp³-hybridized carbons (Fsp3) is 0.300. The molecular weight excluding hydrogens is 373 g/mol. The van der Waals surface area contributed by atoms with Crippen LogP contribution in [0, 0.1) is 0 Å². The molecule has 0 bridgehead atoms. The summed E-state index contributed by atoms with van der Waals surface area (Å²) in [6.07, 6.45) is -3.92. The van der Waals surface area contributed by atoms with E-state index >= 15 is 0 Å². The summed E-state index contributed by atoms with van der Waals surface area (Å²) in [5, 5.41) is 4.80. The second kappa shape index (κ2) is 8.88. The van der Waals surface area contributed by atoms with Gasteiger partial charge in [0.15, 0.2) is 0 Å². The van der Waals surface area contributed by atoms with Crippen molar-refractivity contribution < 1.29 is 27.5 Å². The van der Waals surface area contributed by atoms with Crippen molar-refractivity contribution in [3.63, 3.8) is 0 Å². The maximum atomic E-state index is 12.6. The van der Waals surface area contributed by atoms with E-state index in [9.17, 15) is 22.8 Å².